The van der Waals surface area contributed by atoms with Crippen LogP contribution in [0.2, 0.25) is 0 Å². The number of nitrogens with zero attached hydrogens (tertiary/aromatic N) is 4. The third kappa shape index (κ3) is 2.77. The summed E-state index contributed by atoms with van der Waals surface area (Å²) in [6.45, 7) is 3.74. The molecule has 0 spiro atoms. The van der Waals surface area contributed by atoms with E-state index in [2.05, 4.69) is 5.10 Å². The second-order valence-electron chi connectivity index (χ2n) is 5.38. The Morgan fingerprint density at radius 2 is 2.18 bits per heavy atom. The van der Waals surface area contributed by atoms with Crippen molar-refractivity contribution in [2.45, 2.75) is 33.0 Å². The lowest BCUT2D eigenvalue weighted by Gasteiger charge is -2.22. The van der Waals surface area contributed by atoms with E-state index in [-0.39, 0.29) is 29.5 Å². The van der Waals surface area contributed by atoms with E-state index in [1.807, 2.05) is 25.8 Å². The zero-order valence-electron chi connectivity index (χ0n) is 12.7. The predicted molar refractivity (Wildman–Crippen MR) is 79.1 cm³/mol. The normalized spacial score (nSPS) is 11.5. The maximum absolute atomic E-state index is 12.5. The molecule has 0 radical (unpaired) electrons. The van der Waals surface area contributed by atoms with E-state index >= 15 is 0 Å². The van der Waals surface area contributed by atoms with Crippen LogP contribution >= 0.6 is 0 Å². The molecule has 0 aliphatic rings. The number of carbonyl (C=O) groups excluding carboxylic acids is 1. The molecule has 0 fully saturated rings. The Hall–Kier alpha value is -2.48. The molecule has 0 aliphatic heterocycles. The highest BCUT2D eigenvalue weighted by Crippen LogP contribution is 2.12. The van der Waals surface area contributed by atoms with E-state index < -0.39 is 18.1 Å². The molecule has 0 unspecified atom stereocenters. The molecule has 0 atom stereocenters. The summed E-state index contributed by atoms with van der Waals surface area (Å²) in [6.07, 6.45) is 1.93. The quantitative estimate of drug-likeness (QED) is 0.768. The summed E-state index contributed by atoms with van der Waals surface area (Å²) in [7, 11) is 1.83. The van der Waals surface area contributed by atoms with Crippen molar-refractivity contribution in [2.75, 3.05) is 7.05 Å². The van der Waals surface area contributed by atoms with Crippen molar-refractivity contribution in [1.29, 1.82) is 0 Å². The minimum Gasteiger partial charge on any atom is -0.480 e. The van der Waals surface area contributed by atoms with Crippen LogP contribution in [0.25, 0.3) is 5.65 Å². The van der Waals surface area contributed by atoms with Crippen LogP contribution in [-0.4, -0.2) is 49.5 Å². The van der Waals surface area contributed by atoms with Crippen molar-refractivity contribution in [3.8, 4) is 0 Å². The van der Waals surface area contributed by atoms with Crippen LogP contribution in [0.4, 0.5) is 0 Å². The van der Waals surface area contributed by atoms with E-state index in [1.54, 1.807) is 0 Å². The fourth-order valence-corrected chi connectivity index (χ4v) is 2.20. The number of hydrogen-bond acceptors (Lipinski definition) is 5. The molecule has 0 amide bonds. The first kappa shape index (κ1) is 15.9. The van der Waals surface area contributed by atoms with Gasteiger partial charge in [-0.2, -0.15) is 9.61 Å². The van der Waals surface area contributed by atoms with Gasteiger partial charge >= 0.3 is 5.97 Å². The first-order valence-corrected chi connectivity index (χ1v) is 6.83. The van der Waals surface area contributed by atoms with E-state index in [0.717, 1.165) is 4.52 Å². The Balaban J connectivity index is 2.73. The van der Waals surface area contributed by atoms with Gasteiger partial charge in [-0.1, -0.05) is 0 Å². The molecule has 22 heavy (non-hydrogen) atoms. The number of carbonyl (C=O) groups is 2. The van der Waals surface area contributed by atoms with Crippen LogP contribution in [-0.2, 0) is 17.9 Å². The molecule has 0 aromatic carbocycles. The Bertz CT molecular complexity index is 775. The lowest BCUT2D eigenvalue weighted by Crippen LogP contribution is -2.34. The van der Waals surface area contributed by atoms with Gasteiger partial charge in [0.05, 0.1) is 17.5 Å². The predicted octanol–water partition coefficient (Wildman–Crippen LogP) is 0.233. The monoisotopic (exact) mass is 306 g/mol. The highest BCUT2D eigenvalue weighted by Gasteiger charge is 2.20. The lowest BCUT2D eigenvalue weighted by molar-refractivity contribution is -0.137. The van der Waals surface area contributed by atoms with Gasteiger partial charge in [0.25, 0.3) is 5.56 Å². The molecule has 2 rings (SSSR count). The topological polar surface area (TPSA) is 96.9 Å². The molecular formula is C14H18N4O4. The summed E-state index contributed by atoms with van der Waals surface area (Å²) < 4.78 is 2.42. The number of carboxylic acid groups (broad SMARTS) is 1. The third-order valence-electron chi connectivity index (χ3n) is 3.64. The Labute approximate surface area is 126 Å². The van der Waals surface area contributed by atoms with Gasteiger partial charge in [0.1, 0.15) is 12.2 Å². The number of fused-ring (bicyclic) bond motifs is 1. The molecule has 0 saturated heterocycles. The van der Waals surface area contributed by atoms with Crippen molar-refractivity contribution < 1.29 is 14.7 Å². The van der Waals surface area contributed by atoms with Crippen LogP contribution in [0.15, 0.2) is 17.1 Å². The van der Waals surface area contributed by atoms with Crippen molar-refractivity contribution in [2.24, 2.45) is 0 Å². The Kier molecular flexibility index (Phi) is 4.41. The van der Waals surface area contributed by atoms with E-state index in [0.29, 0.717) is 6.29 Å². The van der Waals surface area contributed by atoms with Crippen LogP contribution in [0.5, 0.6) is 0 Å². The fourth-order valence-electron chi connectivity index (χ4n) is 2.20. The number of hydrogen-bond donors (Lipinski definition) is 1. The summed E-state index contributed by atoms with van der Waals surface area (Å²) in [6, 6.07) is 1.67. The van der Waals surface area contributed by atoms with E-state index in [4.69, 9.17) is 5.11 Å². The summed E-state index contributed by atoms with van der Waals surface area (Å²) in [4.78, 5) is 37.0. The fraction of sp³-hybridized carbons (Fsp3) is 0.429. The SMILES string of the molecule is CC(C)N(C)Cc1c(C=O)n(CC(=O)O)c2ccnn2c1=O. The summed E-state index contributed by atoms with van der Waals surface area (Å²) >= 11 is 0. The average molecular weight is 306 g/mol. The van der Waals surface area contributed by atoms with Gasteiger partial charge in [0.15, 0.2) is 6.29 Å². The van der Waals surface area contributed by atoms with Gasteiger partial charge in [0.2, 0.25) is 0 Å². The molecule has 8 heteroatoms. The lowest BCUT2D eigenvalue weighted by atomic mass is 10.2. The zero-order valence-corrected chi connectivity index (χ0v) is 12.7. The maximum atomic E-state index is 12.5. The second-order valence-corrected chi connectivity index (χ2v) is 5.38. The van der Waals surface area contributed by atoms with Gasteiger partial charge in [0, 0.05) is 18.7 Å². The van der Waals surface area contributed by atoms with Gasteiger partial charge in [-0.15, -0.1) is 0 Å². The van der Waals surface area contributed by atoms with Gasteiger partial charge in [-0.3, -0.25) is 19.3 Å². The number of aldehydes is 1. The largest absolute Gasteiger partial charge is 0.480 e. The molecule has 0 bridgehead atoms. The van der Waals surface area contributed by atoms with Crippen molar-refractivity contribution in [3.05, 3.63) is 33.9 Å². The van der Waals surface area contributed by atoms with E-state index in [9.17, 15) is 14.4 Å². The van der Waals surface area contributed by atoms with E-state index in [1.165, 1.54) is 16.8 Å². The number of aromatic nitrogens is 3. The van der Waals surface area contributed by atoms with Crippen LogP contribution in [0.1, 0.15) is 29.9 Å². The van der Waals surface area contributed by atoms with Crippen LogP contribution in [0.3, 0.4) is 0 Å². The van der Waals surface area contributed by atoms with Gasteiger partial charge < -0.3 is 9.67 Å². The Morgan fingerprint density at radius 3 is 2.73 bits per heavy atom. The molecule has 118 valence electrons. The van der Waals surface area contributed by atoms with Gasteiger partial charge in [-0.05, 0) is 20.9 Å². The van der Waals surface area contributed by atoms with Crippen molar-refractivity contribution in [3.63, 3.8) is 0 Å². The second kappa shape index (κ2) is 6.10. The number of rotatable bonds is 6. The maximum Gasteiger partial charge on any atom is 0.323 e. The number of carboxylic acids is 1. The minimum atomic E-state index is -1.10. The average Bonchev–Trinajstić information content (AvgIpc) is 2.93. The van der Waals surface area contributed by atoms with Crippen LogP contribution in [0, 0.1) is 0 Å². The highest BCUT2D eigenvalue weighted by atomic mass is 16.4. The molecular weight excluding hydrogens is 288 g/mol. The van der Waals surface area contributed by atoms with Crippen molar-refractivity contribution in [1.82, 2.24) is 19.1 Å². The summed E-state index contributed by atoms with van der Waals surface area (Å²) in [5.41, 5.74) is 0.193. The molecule has 0 aliphatic carbocycles. The third-order valence-corrected chi connectivity index (χ3v) is 3.64. The Morgan fingerprint density at radius 1 is 1.50 bits per heavy atom. The first-order chi connectivity index (χ1) is 10.4. The first-order valence-electron chi connectivity index (χ1n) is 6.83. The molecule has 2 heterocycles. The standard InChI is InChI=1S/C14H18N4O4/c1-9(2)16(3)6-10-11(8-19)17(7-13(20)21)12-4-5-15-18(12)14(10)22/h4-5,8-9H,6-7H2,1-3H3,(H,20,21). The molecule has 8 nitrogen and oxygen atoms in total. The van der Waals surface area contributed by atoms with Crippen molar-refractivity contribution >= 4 is 17.9 Å². The molecule has 1 N–H and O–H groups in total. The minimum absolute atomic E-state index is 0.0768. The van der Waals surface area contributed by atoms with Crippen LogP contribution < -0.4 is 5.56 Å². The summed E-state index contributed by atoms with van der Waals surface area (Å²) in [5.74, 6) is -1.10. The number of aliphatic carboxylic acids is 1. The molecule has 2 aromatic rings. The molecule has 2 aromatic heterocycles. The van der Waals surface area contributed by atoms with Gasteiger partial charge in [-0.25, -0.2) is 0 Å². The summed E-state index contributed by atoms with van der Waals surface area (Å²) in [5, 5.41) is 13.0. The zero-order chi connectivity index (χ0) is 16.4. The molecule has 0 saturated carbocycles. The smallest absolute Gasteiger partial charge is 0.323 e. The highest BCUT2D eigenvalue weighted by molar-refractivity contribution is 5.78.